The van der Waals surface area contributed by atoms with Crippen molar-refractivity contribution in [3.05, 3.63) is 36.3 Å². The highest BCUT2D eigenvalue weighted by Gasteiger charge is 2.05. The Morgan fingerprint density at radius 2 is 1.92 bits per heavy atom. The summed E-state index contributed by atoms with van der Waals surface area (Å²) in [6, 6.07) is 5.97. The van der Waals surface area contributed by atoms with Gasteiger partial charge in [-0.1, -0.05) is 17.3 Å². The van der Waals surface area contributed by atoms with Crippen molar-refractivity contribution in [3.63, 3.8) is 0 Å². The van der Waals surface area contributed by atoms with Gasteiger partial charge in [-0.25, -0.2) is 4.39 Å². The predicted octanol–water partition coefficient (Wildman–Crippen LogP) is 2.06. The minimum Gasteiger partial charge on any atom is -0.367 e. The Morgan fingerprint density at radius 1 is 1.23 bits per heavy atom. The SMILES string of the molecule is Nc1oncc1-c1ccc(F)cc1. The molecule has 0 fully saturated rings. The fourth-order valence-corrected chi connectivity index (χ4v) is 1.09. The van der Waals surface area contributed by atoms with Crippen LogP contribution in [-0.4, -0.2) is 5.16 Å². The van der Waals surface area contributed by atoms with Crippen LogP contribution in [0.25, 0.3) is 11.1 Å². The summed E-state index contributed by atoms with van der Waals surface area (Å²) in [6.07, 6.45) is 1.50. The number of halogens is 1. The molecule has 2 N–H and O–H groups in total. The first-order valence-corrected chi connectivity index (χ1v) is 3.73. The third kappa shape index (κ3) is 1.38. The van der Waals surface area contributed by atoms with Crippen molar-refractivity contribution >= 4 is 5.88 Å². The van der Waals surface area contributed by atoms with Gasteiger partial charge >= 0.3 is 0 Å². The standard InChI is InChI=1S/C9H7FN2O/c10-7-3-1-6(2-4-7)8-5-12-13-9(8)11/h1-5H,11H2. The van der Waals surface area contributed by atoms with Crippen LogP contribution in [0.4, 0.5) is 10.3 Å². The summed E-state index contributed by atoms with van der Waals surface area (Å²) in [6.45, 7) is 0. The lowest BCUT2D eigenvalue weighted by Gasteiger charge is -1.96. The van der Waals surface area contributed by atoms with Gasteiger partial charge in [0.1, 0.15) is 5.82 Å². The maximum Gasteiger partial charge on any atom is 0.229 e. The molecule has 2 rings (SSSR count). The molecule has 1 aromatic carbocycles. The number of hydrogen-bond donors (Lipinski definition) is 1. The van der Waals surface area contributed by atoms with Gasteiger partial charge in [0.2, 0.25) is 5.88 Å². The lowest BCUT2D eigenvalue weighted by molar-refractivity contribution is 0.436. The Labute approximate surface area is 74.0 Å². The predicted molar refractivity (Wildman–Crippen MR) is 46.3 cm³/mol. The van der Waals surface area contributed by atoms with Gasteiger partial charge in [0.25, 0.3) is 0 Å². The molecule has 13 heavy (non-hydrogen) atoms. The van der Waals surface area contributed by atoms with Crippen molar-refractivity contribution in [1.29, 1.82) is 0 Å². The van der Waals surface area contributed by atoms with Gasteiger partial charge in [-0.2, -0.15) is 0 Å². The number of benzene rings is 1. The largest absolute Gasteiger partial charge is 0.367 e. The Morgan fingerprint density at radius 3 is 2.46 bits per heavy atom. The Balaban J connectivity index is 2.47. The van der Waals surface area contributed by atoms with E-state index in [0.29, 0.717) is 5.56 Å². The van der Waals surface area contributed by atoms with E-state index >= 15 is 0 Å². The molecule has 0 unspecified atom stereocenters. The number of anilines is 1. The Bertz CT molecular complexity index is 408. The summed E-state index contributed by atoms with van der Waals surface area (Å²) in [5.41, 5.74) is 6.96. The Kier molecular flexibility index (Phi) is 1.73. The third-order valence-electron chi connectivity index (χ3n) is 1.75. The van der Waals surface area contributed by atoms with Gasteiger partial charge in [0, 0.05) is 0 Å². The summed E-state index contributed by atoms with van der Waals surface area (Å²) in [4.78, 5) is 0. The summed E-state index contributed by atoms with van der Waals surface area (Å²) in [7, 11) is 0. The minimum absolute atomic E-state index is 0.242. The molecule has 0 atom stereocenters. The topological polar surface area (TPSA) is 52.0 Å². The van der Waals surface area contributed by atoms with Crippen LogP contribution in [-0.2, 0) is 0 Å². The number of rotatable bonds is 1. The van der Waals surface area contributed by atoms with Gasteiger partial charge in [-0.05, 0) is 17.7 Å². The zero-order valence-corrected chi connectivity index (χ0v) is 6.70. The van der Waals surface area contributed by atoms with Crippen LogP contribution in [0.1, 0.15) is 0 Å². The maximum absolute atomic E-state index is 12.6. The highest BCUT2D eigenvalue weighted by molar-refractivity contribution is 5.71. The van der Waals surface area contributed by atoms with Crippen molar-refractivity contribution in [3.8, 4) is 11.1 Å². The van der Waals surface area contributed by atoms with Crippen molar-refractivity contribution in [2.45, 2.75) is 0 Å². The average Bonchev–Trinajstić information content (AvgIpc) is 2.53. The van der Waals surface area contributed by atoms with Gasteiger partial charge in [-0.15, -0.1) is 0 Å². The molecule has 0 saturated carbocycles. The first-order chi connectivity index (χ1) is 6.27. The molecule has 3 nitrogen and oxygen atoms in total. The third-order valence-corrected chi connectivity index (χ3v) is 1.75. The lowest BCUT2D eigenvalue weighted by atomic mass is 10.1. The van der Waals surface area contributed by atoms with Crippen LogP contribution in [0.5, 0.6) is 0 Å². The van der Waals surface area contributed by atoms with E-state index < -0.39 is 0 Å². The van der Waals surface area contributed by atoms with Crippen LogP contribution < -0.4 is 5.73 Å². The Hall–Kier alpha value is -1.84. The fraction of sp³-hybridized carbons (Fsp3) is 0. The molecule has 66 valence electrons. The van der Waals surface area contributed by atoms with Crippen molar-refractivity contribution in [2.24, 2.45) is 0 Å². The number of hydrogen-bond acceptors (Lipinski definition) is 3. The zero-order valence-electron chi connectivity index (χ0n) is 6.70. The molecule has 0 aliphatic carbocycles. The zero-order chi connectivity index (χ0) is 9.26. The van der Waals surface area contributed by atoms with E-state index in [1.54, 1.807) is 12.1 Å². The molecular formula is C9H7FN2O. The quantitative estimate of drug-likeness (QED) is 0.727. The molecule has 0 bridgehead atoms. The summed E-state index contributed by atoms with van der Waals surface area (Å²) in [5, 5.41) is 3.53. The highest BCUT2D eigenvalue weighted by atomic mass is 19.1. The fourth-order valence-electron chi connectivity index (χ4n) is 1.09. The first kappa shape index (κ1) is 7.79. The van der Waals surface area contributed by atoms with Gasteiger partial charge in [-0.3, -0.25) is 0 Å². The van der Waals surface area contributed by atoms with Crippen LogP contribution in [0.15, 0.2) is 35.0 Å². The molecular weight excluding hydrogens is 171 g/mol. The molecule has 1 heterocycles. The molecule has 0 amide bonds. The van der Waals surface area contributed by atoms with Crippen LogP contribution in [0, 0.1) is 5.82 Å². The van der Waals surface area contributed by atoms with E-state index in [2.05, 4.69) is 9.68 Å². The van der Waals surface area contributed by atoms with Crippen LogP contribution in [0.3, 0.4) is 0 Å². The van der Waals surface area contributed by atoms with E-state index in [1.165, 1.54) is 18.3 Å². The first-order valence-electron chi connectivity index (χ1n) is 3.73. The van der Waals surface area contributed by atoms with E-state index in [1.807, 2.05) is 0 Å². The average molecular weight is 178 g/mol. The van der Waals surface area contributed by atoms with Crippen LogP contribution >= 0.6 is 0 Å². The summed E-state index contributed by atoms with van der Waals surface area (Å²) in [5.74, 6) is -0.0367. The number of aromatic nitrogens is 1. The summed E-state index contributed by atoms with van der Waals surface area (Å²) >= 11 is 0. The van der Waals surface area contributed by atoms with E-state index in [-0.39, 0.29) is 11.7 Å². The van der Waals surface area contributed by atoms with E-state index in [4.69, 9.17) is 5.73 Å². The molecule has 0 radical (unpaired) electrons. The van der Waals surface area contributed by atoms with Crippen molar-refractivity contribution in [1.82, 2.24) is 5.16 Å². The second-order valence-corrected chi connectivity index (χ2v) is 2.61. The number of nitrogens with zero attached hydrogens (tertiary/aromatic N) is 1. The molecule has 1 aromatic heterocycles. The number of nitrogens with two attached hydrogens (primary N) is 1. The minimum atomic E-state index is -0.279. The molecule has 0 aliphatic heterocycles. The molecule has 4 heteroatoms. The molecule has 0 spiro atoms. The van der Waals surface area contributed by atoms with Crippen molar-refractivity contribution in [2.75, 3.05) is 5.73 Å². The summed E-state index contributed by atoms with van der Waals surface area (Å²) < 4.78 is 17.2. The lowest BCUT2D eigenvalue weighted by Crippen LogP contribution is -1.84. The monoisotopic (exact) mass is 178 g/mol. The maximum atomic E-state index is 12.6. The normalized spacial score (nSPS) is 10.2. The smallest absolute Gasteiger partial charge is 0.229 e. The van der Waals surface area contributed by atoms with Crippen molar-refractivity contribution < 1.29 is 8.91 Å². The second kappa shape index (κ2) is 2.90. The van der Waals surface area contributed by atoms with Gasteiger partial charge < -0.3 is 10.3 Å². The van der Waals surface area contributed by atoms with Gasteiger partial charge in [0.05, 0.1) is 11.8 Å². The van der Waals surface area contributed by atoms with Crippen LogP contribution in [0.2, 0.25) is 0 Å². The molecule has 0 aliphatic rings. The second-order valence-electron chi connectivity index (χ2n) is 2.61. The number of nitrogen functional groups attached to an aromatic ring is 1. The van der Waals surface area contributed by atoms with E-state index in [0.717, 1.165) is 5.56 Å². The van der Waals surface area contributed by atoms with E-state index in [9.17, 15) is 4.39 Å². The van der Waals surface area contributed by atoms with Gasteiger partial charge in [0.15, 0.2) is 0 Å². The molecule has 2 aromatic rings. The molecule has 0 saturated heterocycles. The highest BCUT2D eigenvalue weighted by Crippen LogP contribution is 2.24.